The SMILES string of the molecule is Cc1cccc(S(=O)(=O)N2CCC[C@H](C(=O)O)C2)c1. The monoisotopic (exact) mass is 283 g/mol. The van der Waals surface area contributed by atoms with E-state index in [1.165, 1.54) is 4.31 Å². The Labute approximate surface area is 112 Å². The Hall–Kier alpha value is -1.40. The summed E-state index contributed by atoms with van der Waals surface area (Å²) in [4.78, 5) is 11.2. The fourth-order valence-electron chi connectivity index (χ4n) is 2.29. The molecule has 5 nitrogen and oxygen atoms in total. The fraction of sp³-hybridized carbons (Fsp3) is 0.462. The lowest BCUT2D eigenvalue weighted by atomic mass is 10.0. The van der Waals surface area contributed by atoms with Crippen molar-refractivity contribution < 1.29 is 18.3 Å². The van der Waals surface area contributed by atoms with Crippen LogP contribution >= 0.6 is 0 Å². The van der Waals surface area contributed by atoms with Crippen molar-refractivity contribution >= 4 is 16.0 Å². The topological polar surface area (TPSA) is 74.7 Å². The molecule has 1 N–H and O–H groups in total. The Morgan fingerprint density at radius 3 is 2.79 bits per heavy atom. The molecule has 1 aromatic carbocycles. The summed E-state index contributed by atoms with van der Waals surface area (Å²) in [5.74, 6) is -1.53. The molecule has 1 aliphatic rings. The summed E-state index contributed by atoms with van der Waals surface area (Å²) in [7, 11) is -3.58. The van der Waals surface area contributed by atoms with Gasteiger partial charge in [-0.1, -0.05) is 12.1 Å². The minimum absolute atomic E-state index is 0.0611. The van der Waals surface area contributed by atoms with Crippen LogP contribution in [-0.4, -0.2) is 36.9 Å². The van der Waals surface area contributed by atoms with Crippen molar-refractivity contribution in [1.82, 2.24) is 4.31 Å². The Bertz CT molecular complexity index is 582. The average Bonchev–Trinajstić information content (AvgIpc) is 2.39. The van der Waals surface area contributed by atoms with Gasteiger partial charge in [0.1, 0.15) is 0 Å². The van der Waals surface area contributed by atoms with Gasteiger partial charge in [0.25, 0.3) is 0 Å². The Balaban J connectivity index is 2.27. The number of piperidine rings is 1. The van der Waals surface area contributed by atoms with E-state index in [2.05, 4.69) is 0 Å². The van der Waals surface area contributed by atoms with Crippen molar-refractivity contribution in [3.8, 4) is 0 Å². The second kappa shape index (κ2) is 5.30. The van der Waals surface area contributed by atoms with Crippen LogP contribution in [0.5, 0.6) is 0 Å². The first-order valence-corrected chi connectivity index (χ1v) is 7.65. The van der Waals surface area contributed by atoms with E-state index in [-0.39, 0.29) is 11.4 Å². The molecule has 0 spiro atoms. The smallest absolute Gasteiger partial charge is 0.307 e. The van der Waals surface area contributed by atoms with E-state index in [4.69, 9.17) is 5.11 Å². The molecule has 1 aromatic rings. The Morgan fingerprint density at radius 2 is 2.16 bits per heavy atom. The quantitative estimate of drug-likeness (QED) is 0.911. The number of carbonyl (C=O) groups is 1. The molecule has 0 radical (unpaired) electrons. The van der Waals surface area contributed by atoms with Gasteiger partial charge in [-0.15, -0.1) is 0 Å². The van der Waals surface area contributed by atoms with Gasteiger partial charge in [-0.25, -0.2) is 8.42 Å². The van der Waals surface area contributed by atoms with Gasteiger partial charge in [0.05, 0.1) is 10.8 Å². The lowest BCUT2D eigenvalue weighted by molar-refractivity contribution is -0.142. The maximum absolute atomic E-state index is 12.4. The van der Waals surface area contributed by atoms with Crippen molar-refractivity contribution in [3.63, 3.8) is 0 Å². The van der Waals surface area contributed by atoms with E-state index in [9.17, 15) is 13.2 Å². The lowest BCUT2D eigenvalue weighted by Crippen LogP contribution is -2.42. The van der Waals surface area contributed by atoms with Gasteiger partial charge in [-0.2, -0.15) is 4.31 Å². The zero-order valence-corrected chi connectivity index (χ0v) is 11.6. The van der Waals surface area contributed by atoms with Crippen molar-refractivity contribution in [3.05, 3.63) is 29.8 Å². The van der Waals surface area contributed by atoms with Gasteiger partial charge in [-0.05, 0) is 37.5 Å². The number of benzene rings is 1. The molecule has 104 valence electrons. The van der Waals surface area contributed by atoms with Gasteiger partial charge < -0.3 is 5.11 Å². The molecule has 0 aromatic heterocycles. The molecular weight excluding hydrogens is 266 g/mol. The molecule has 1 atom stereocenters. The minimum Gasteiger partial charge on any atom is -0.481 e. The summed E-state index contributed by atoms with van der Waals surface area (Å²) in [6.45, 7) is 2.28. The molecule has 6 heteroatoms. The zero-order chi connectivity index (χ0) is 14.0. The highest BCUT2D eigenvalue weighted by atomic mass is 32.2. The van der Waals surface area contributed by atoms with Crippen LogP contribution < -0.4 is 0 Å². The molecule has 0 aliphatic carbocycles. The summed E-state index contributed by atoms with van der Waals surface area (Å²) >= 11 is 0. The number of aliphatic carboxylic acids is 1. The summed E-state index contributed by atoms with van der Waals surface area (Å²) in [6, 6.07) is 6.68. The number of hydrogen-bond acceptors (Lipinski definition) is 3. The summed E-state index contributed by atoms with van der Waals surface area (Å²) in [5, 5.41) is 9.01. The highest BCUT2D eigenvalue weighted by Gasteiger charge is 2.33. The number of aryl methyl sites for hydroxylation is 1. The van der Waals surface area contributed by atoms with Gasteiger partial charge in [-0.3, -0.25) is 4.79 Å². The second-order valence-electron chi connectivity index (χ2n) is 4.86. The summed E-state index contributed by atoms with van der Waals surface area (Å²) < 4.78 is 26.2. The molecule has 2 rings (SSSR count). The molecule has 0 saturated carbocycles. The van der Waals surface area contributed by atoms with Crippen LogP contribution in [0.1, 0.15) is 18.4 Å². The van der Waals surface area contributed by atoms with Crippen molar-refractivity contribution in [2.24, 2.45) is 5.92 Å². The normalized spacial score (nSPS) is 21.2. The van der Waals surface area contributed by atoms with Crippen molar-refractivity contribution in [1.29, 1.82) is 0 Å². The first kappa shape index (κ1) is 14.0. The number of sulfonamides is 1. The number of carboxylic acid groups (broad SMARTS) is 1. The first-order valence-electron chi connectivity index (χ1n) is 6.21. The fourth-order valence-corrected chi connectivity index (χ4v) is 3.92. The van der Waals surface area contributed by atoms with Crippen LogP contribution in [0, 0.1) is 12.8 Å². The van der Waals surface area contributed by atoms with Crippen LogP contribution in [0.3, 0.4) is 0 Å². The van der Waals surface area contributed by atoms with E-state index >= 15 is 0 Å². The second-order valence-corrected chi connectivity index (χ2v) is 6.79. The number of nitrogens with zero attached hydrogens (tertiary/aromatic N) is 1. The molecule has 0 amide bonds. The number of carboxylic acids is 1. The standard InChI is InChI=1S/C13H17NO4S/c1-10-4-2-6-12(8-10)19(17,18)14-7-3-5-11(9-14)13(15)16/h2,4,6,8,11H,3,5,7,9H2,1H3,(H,15,16)/t11-/m0/s1. The maximum atomic E-state index is 12.4. The van der Waals surface area contributed by atoms with Gasteiger partial charge >= 0.3 is 5.97 Å². The van der Waals surface area contributed by atoms with Crippen LogP contribution in [0.25, 0.3) is 0 Å². The van der Waals surface area contributed by atoms with E-state index in [1.54, 1.807) is 18.2 Å². The highest BCUT2D eigenvalue weighted by Crippen LogP contribution is 2.24. The third-order valence-electron chi connectivity index (χ3n) is 3.36. The zero-order valence-electron chi connectivity index (χ0n) is 10.7. The third-order valence-corrected chi connectivity index (χ3v) is 5.22. The molecule has 19 heavy (non-hydrogen) atoms. The van der Waals surface area contributed by atoms with Crippen LogP contribution in [0.2, 0.25) is 0 Å². The summed E-state index contributed by atoms with van der Waals surface area (Å²) in [5.41, 5.74) is 0.868. The number of rotatable bonds is 3. The molecule has 1 saturated heterocycles. The predicted molar refractivity (Wildman–Crippen MR) is 70.3 cm³/mol. The number of hydrogen-bond donors (Lipinski definition) is 1. The molecule has 0 unspecified atom stereocenters. The van der Waals surface area contributed by atoms with E-state index in [1.807, 2.05) is 13.0 Å². The van der Waals surface area contributed by atoms with E-state index in [0.717, 1.165) is 5.56 Å². The average molecular weight is 283 g/mol. The summed E-state index contributed by atoms with van der Waals surface area (Å²) in [6.07, 6.45) is 1.12. The molecular formula is C13H17NO4S. The maximum Gasteiger partial charge on any atom is 0.307 e. The van der Waals surface area contributed by atoms with Crippen molar-refractivity contribution in [2.45, 2.75) is 24.7 Å². The van der Waals surface area contributed by atoms with Crippen LogP contribution in [-0.2, 0) is 14.8 Å². The lowest BCUT2D eigenvalue weighted by Gasteiger charge is -2.29. The predicted octanol–water partition coefficient (Wildman–Crippen LogP) is 1.48. The molecule has 1 fully saturated rings. The van der Waals surface area contributed by atoms with Crippen LogP contribution in [0.15, 0.2) is 29.2 Å². The van der Waals surface area contributed by atoms with Crippen LogP contribution in [0.4, 0.5) is 0 Å². The first-order chi connectivity index (χ1) is 8.91. The van der Waals surface area contributed by atoms with Gasteiger partial charge in [0, 0.05) is 13.1 Å². The largest absolute Gasteiger partial charge is 0.481 e. The minimum atomic E-state index is -3.58. The Morgan fingerprint density at radius 1 is 1.42 bits per heavy atom. The highest BCUT2D eigenvalue weighted by molar-refractivity contribution is 7.89. The van der Waals surface area contributed by atoms with Gasteiger partial charge in [0.2, 0.25) is 10.0 Å². The molecule has 1 aliphatic heterocycles. The third kappa shape index (κ3) is 2.96. The van der Waals surface area contributed by atoms with Gasteiger partial charge in [0.15, 0.2) is 0 Å². The van der Waals surface area contributed by atoms with E-state index in [0.29, 0.717) is 19.4 Å². The van der Waals surface area contributed by atoms with Crippen molar-refractivity contribution in [2.75, 3.05) is 13.1 Å². The molecule has 1 heterocycles. The van der Waals surface area contributed by atoms with E-state index < -0.39 is 21.9 Å². The molecule has 0 bridgehead atoms. The Kier molecular flexibility index (Phi) is 3.91.